The molecule has 582 valence electrons. The quantitative estimate of drug-likeness (QED) is 0.0222. The lowest BCUT2D eigenvalue weighted by atomic mass is 9.99. The minimum Gasteiger partial charge on any atom is -0.462 e. The van der Waals surface area contributed by atoms with Gasteiger partial charge < -0.3 is 33.8 Å². The molecule has 0 spiro atoms. The minimum absolute atomic E-state index is 0.102. The Morgan fingerprint density at radius 2 is 0.520 bits per heavy atom. The summed E-state index contributed by atoms with van der Waals surface area (Å²) in [7, 11) is -9.91. The molecule has 0 rings (SSSR count). The number of esters is 4. The van der Waals surface area contributed by atoms with E-state index in [2.05, 4.69) is 41.5 Å². The van der Waals surface area contributed by atoms with Crippen molar-refractivity contribution in [1.29, 1.82) is 0 Å². The molecule has 0 bridgehead atoms. The molecule has 3 N–H and O–H groups in total. The largest absolute Gasteiger partial charge is 0.472 e. The van der Waals surface area contributed by atoms with Gasteiger partial charge in [-0.05, 0) is 37.5 Å². The molecule has 6 atom stereocenters. The van der Waals surface area contributed by atoms with Crippen molar-refractivity contribution in [2.45, 2.75) is 432 Å². The van der Waals surface area contributed by atoms with Gasteiger partial charge in [-0.1, -0.05) is 363 Å². The van der Waals surface area contributed by atoms with Crippen LogP contribution in [0.1, 0.15) is 414 Å². The molecular weight excluding hydrogens is 1280 g/mol. The first-order valence-corrected chi connectivity index (χ1v) is 44.0. The van der Waals surface area contributed by atoms with Crippen LogP contribution in [0.15, 0.2) is 0 Å². The molecule has 0 saturated heterocycles. The third-order valence-corrected chi connectivity index (χ3v) is 20.7. The van der Waals surface area contributed by atoms with Crippen molar-refractivity contribution in [1.82, 2.24) is 0 Å². The van der Waals surface area contributed by atoms with Crippen molar-refractivity contribution in [2.24, 2.45) is 11.8 Å². The van der Waals surface area contributed by atoms with Crippen LogP contribution in [0.2, 0.25) is 0 Å². The lowest BCUT2D eigenvalue weighted by molar-refractivity contribution is -0.161. The van der Waals surface area contributed by atoms with Gasteiger partial charge in [-0.2, -0.15) is 0 Å². The van der Waals surface area contributed by atoms with E-state index in [-0.39, 0.29) is 25.7 Å². The fraction of sp³-hybridized carbons (Fsp3) is 0.949. The summed E-state index contributed by atoms with van der Waals surface area (Å²) in [4.78, 5) is 72.6. The number of carbonyl (C=O) groups is 4. The van der Waals surface area contributed by atoms with Gasteiger partial charge in [-0.3, -0.25) is 37.3 Å². The molecule has 0 aliphatic rings. The zero-order chi connectivity index (χ0) is 72.1. The third-order valence-electron chi connectivity index (χ3n) is 18.8. The molecular formula is C79H154O17P2. The second-order valence-corrected chi connectivity index (χ2v) is 32.1. The molecule has 98 heavy (non-hydrogen) atoms. The van der Waals surface area contributed by atoms with Crippen LogP contribution in [0.4, 0.5) is 0 Å². The first kappa shape index (κ1) is 96.1. The predicted molar refractivity (Wildman–Crippen MR) is 400 cm³/mol. The average molecular weight is 1440 g/mol. The van der Waals surface area contributed by atoms with Crippen molar-refractivity contribution in [2.75, 3.05) is 39.6 Å². The van der Waals surface area contributed by atoms with E-state index in [1.807, 2.05) is 0 Å². The van der Waals surface area contributed by atoms with Gasteiger partial charge in [0.1, 0.15) is 19.3 Å². The van der Waals surface area contributed by atoms with Crippen LogP contribution in [0, 0.1) is 11.8 Å². The van der Waals surface area contributed by atoms with E-state index in [1.54, 1.807) is 0 Å². The molecule has 3 unspecified atom stereocenters. The Morgan fingerprint density at radius 1 is 0.296 bits per heavy atom. The Morgan fingerprint density at radius 3 is 0.776 bits per heavy atom. The van der Waals surface area contributed by atoms with Gasteiger partial charge in [0.25, 0.3) is 0 Å². The topological polar surface area (TPSA) is 237 Å². The maximum absolute atomic E-state index is 13.1. The molecule has 0 aromatic carbocycles. The standard InChI is InChI=1S/C79H154O17P2/c1-7-10-12-14-16-17-18-19-20-21-22-23-27-30-33-36-39-43-50-56-62-77(82)90-68-74(95-78(83)63-57-51-44-40-37-34-31-28-25-24-26-29-32-35-38-42-48-54-60-72(6)9-3)69-93-97(85,86)91-65-73(80)66-92-98(87,88)94-70-75(67-89-76(81)61-55-49-41-15-13-11-8-2)96-79(84)64-58-52-46-45-47-53-59-71(4)5/h71-75,80H,7-70H2,1-6H3,(H,85,86)(H,87,88)/t72?,73-,74-,75-/m1/s1. The Hall–Kier alpha value is -1.94. The molecule has 17 nitrogen and oxygen atoms in total. The fourth-order valence-electron chi connectivity index (χ4n) is 12.2. The van der Waals surface area contributed by atoms with Crippen LogP contribution < -0.4 is 0 Å². The zero-order valence-electron chi connectivity index (χ0n) is 64.1. The predicted octanol–water partition coefficient (Wildman–Crippen LogP) is 23.5. The number of phosphoric ester groups is 2. The van der Waals surface area contributed by atoms with Gasteiger partial charge in [0, 0.05) is 25.7 Å². The van der Waals surface area contributed by atoms with E-state index in [0.717, 1.165) is 109 Å². The molecule has 0 aromatic heterocycles. The Bertz CT molecular complexity index is 1890. The van der Waals surface area contributed by atoms with Gasteiger partial charge in [0.05, 0.1) is 26.4 Å². The highest BCUT2D eigenvalue weighted by Crippen LogP contribution is 2.45. The van der Waals surface area contributed by atoms with Gasteiger partial charge in [-0.15, -0.1) is 0 Å². The molecule has 0 fully saturated rings. The number of aliphatic hydroxyl groups excluding tert-OH is 1. The van der Waals surface area contributed by atoms with Crippen molar-refractivity contribution in [3.8, 4) is 0 Å². The zero-order valence-corrected chi connectivity index (χ0v) is 65.9. The van der Waals surface area contributed by atoms with Crippen LogP contribution in [-0.4, -0.2) is 96.7 Å². The molecule has 0 amide bonds. The summed E-state index contributed by atoms with van der Waals surface area (Å²) >= 11 is 0. The molecule has 0 aromatic rings. The molecule has 0 aliphatic heterocycles. The monoisotopic (exact) mass is 1440 g/mol. The SMILES string of the molecule is CCCCCCCCCCCCCCCCCCCCCCC(=O)OC[C@H](COP(=O)(O)OC[C@@H](O)COP(=O)(O)OC[C@@H](COC(=O)CCCCCCCCC)OC(=O)CCCCCCCCC(C)C)OC(=O)CCCCCCCCCCCCCCCCCCCCC(C)CC. The van der Waals surface area contributed by atoms with Crippen molar-refractivity contribution < 1.29 is 80.2 Å². The highest BCUT2D eigenvalue weighted by atomic mass is 31.2. The number of unbranched alkanes of at least 4 members (excludes halogenated alkanes) is 47. The summed E-state index contributed by atoms with van der Waals surface area (Å²) < 4.78 is 68.4. The molecule has 0 heterocycles. The summed E-state index contributed by atoms with van der Waals surface area (Å²) in [5.74, 6) is -0.583. The number of hydrogen-bond donors (Lipinski definition) is 3. The molecule has 0 aliphatic carbocycles. The van der Waals surface area contributed by atoms with E-state index >= 15 is 0 Å². The van der Waals surface area contributed by atoms with Gasteiger partial charge in [0.2, 0.25) is 0 Å². The average Bonchev–Trinajstić information content (AvgIpc) is 1.05. The second-order valence-electron chi connectivity index (χ2n) is 29.2. The summed E-state index contributed by atoms with van der Waals surface area (Å²) in [5.41, 5.74) is 0. The third kappa shape index (κ3) is 71.1. The summed E-state index contributed by atoms with van der Waals surface area (Å²) in [5, 5.41) is 10.6. The number of ether oxygens (including phenoxy) is 4. The van der Waals surface area contributed by atoms with Crippen molar-refractivity contribution in [3.63, 3.8) is 0 Å². The lowest BCUT2D eigenvalue weighted by Crippen LogP contribution is -2.30. The normalized spacial score (nSPS) is 14.2. The fourth-order valence-corrected chi connectivity index (χ4v) is 13.7. The van der Waals surface area contributed by atoms with Gasteiger partial charge >= 0.3 is 39.5 Å². The minimum atomic E-state index is -4.96. The van der Waals surface area contributed by atoms with Crippen LogP contribution in [0.3, 0.4) is 0 Å². The first-order chi connectivity index (χ1) is 47.4. The second kappa shape index (κ2) is 70.7. The summed E-state index contributed by atoms with van der Waals surface area (Å²) in [6.45, 7) is 9.54. The van der Waals surface area contributed by atoms with Crippen LogP contribution >= 0.6 is 15.6 Å². The van der Waals surface area contributed by atoms with Crippen molar-refractivity contribution >= 4 is 39.5 Å². The van der Waals surface area contributed by atoms with E-state index < -0.39 is 97.5 Å². The van der Waals surface area contributed by atoms with Crippen LogP contribution in [0.25, 0.3) is 0 Å². The maximum Gasteiger partial charge on any atom is 0.472 e. The molecule has 0 saturated carbocycles. The lowest BCUT2D eigenvalue weighted by Gasteiger charge is -2.21. The van der Waals surface area contributed by atoms with Crippen LogP contribution in [0.5, 0.6) is 0 Å². The number of carbonyl (C=O) groups excluding carboxylic acids is 4. The highest BCUT2D eigenvalue weighted by molar-refractivity contribution is 7.47. The number of rotatable bonds is 78. The summed E-state index contributed by atoms with van der Waals surface area (Å²) in [6.07, 6.45) is 60.3. The Balaban J connectivity index is 5.12. The Kier molecular flexibility index (Phi) is 69.3. The van der Waals surface area contributed by atoms with Gasteiger partial charge in [-0.25, -0.2) is 9.13 Å². The van der Waals surface area contributed by atoms with E-state index in [0.29, 0.717) is 31.6 Å². The number of hydrogen-bond acceptors (Lipinski definition) is 15. The Labute approximate surface area is 600 Å². The molecule has 19 heteroatoms. The van der Waals surface area contributed by atoms with Crippen LogP contribution in [-0.2, 0) is 65.4 Å². The van der Waals surface area contributed by atoms with Gasteiger partial charge in [0.15, 0.2) is 12.2 Å². The highest BCUT2D eigenvalue weighted by Gasteiger charge is 2.30. The first-order valence-electron chi connectivity index (χ1n) is 41.0. The number of aliphatic hydroxyl groups is 1. The number of phosphoric acid groups is 2. The van der Waals surface area contributed by atoms with E-state index in [4.69, 9.17) is 37.0 Å². The smallest absolute Gasteiger partial charge is 0.462 e. The van der Waals surface area contributed by atoms with E-state index in [1.165, 1.54) is 218 Å². The van der Waals surface area contributed by atoms with E-state index in [9.17, 15) is 43.2 Å². The summed E-state index contributed by atoms with van der Waals surface area (Å²) in [6, 6.07) is 0. The van der Waals surface area contributed by atoms with Crippen molar-refractivity contribution in [3.05, 3.63) is 0 Å². The maximum atomic E-state index is 13.1. The molecule has 0 radical (unpaired) electrons.